The fourth-order valence-corrected chi connectivity index (χ4v) is 6.11. The van der Waals surface area contributed by atoms with Gasteiger partial charge in [0.2, 0.25) is 0 Å². The average molecular weight is 487 g/mol. The first-order valence-corrected chi connectivity index (χ1v) is 12.6. The molecule has 0 unspecified atom stereocenters. The summed E-state index contributed by atoms with van der Waals surface area (Å²) in [6.07, 6.45) is 3.41. The van der Waals surface area contributed by atoms with E-state index in [0.717, 1.165) is 21.6 Å². The van der Waals surface area contributed by atoms with Gasteiger partial charge in [-0.3, -0.25) is 18.6 Å². The molecule has 0 atom stereocenters. The van der Waals surface area contributed by atoms with Crippen molar-refractivity contribution in [2.75, 3.05) is 0 Å². The Kier molecular flexibility index (Phi) is 5.93. The molecule has 8 heteroatoms. The van der Waals surface area contributed by atoms with Crippen molar-refractivity contribution in [3.05, 3.63) is 105 Å². The maximum atomic E-state index is 13.5. The Balaban J connectivity index is 1.58. The van der Waals surface area contributed by atoms with Gasteiger partial charge in [0.05, 0.1) is 11.1 Å². The number of nitrogens with zero attached hydrogens (tertiary/aromatic N) is 4. The first-order chi connectivity index (χ1) is 16.5. The van der Waals surface area contributed by atoms with Crippen molar-refractivity contribution in [1.82, 2.24) is 18.9 Å². The van der Waals surface area contributed by atoms with E-state index in [2.05, 4.69) is 11.6 Å². The van der Waals surface area contributed by atoms with Crippen molar-refractivity contribution in [2.45, 2.75) is 31.3 Å². The van der Waals surface area contributed by atoms with Crippen molar-refractivity contribution in [2.24, 2.45) is 0 Å². The van der Waals surface area contributed by atoms with Gasteiger partial charge >= 0.3 is 0 Å². The van der Waals surface area contributed by atoms with E-state index in [9.17, 15) is 9.59 Å². The monoisotopic (exact) mass is 486 g/mol. The highest BCUT2D eigenvalue weighted by atomic mass is 32.2. The summed E-state index contributed by atoms with van der Waals surface area (Å²) in [6.45, 7) is 8.08. The number of aromatic nitrogens is 4. The smallest absolute Gasteiger partial charge is 0.263 e. The zero-order valence-corrected chi connectivity index (χ0v) is 20.4. The van der Waals surface area contributed by atoms with Gasteiger partial charge in [-0.1, -0.05) is 54.2 Å². The summed E-state index contributed by atoms with van der Waals surface area (Å²) < 4.78 is 3.19. The van der Waals surface area contributed by atoms with Gasteiger partial charge < -0.3 is 0 Å². The largest absolute Gasteiger partial charge is 0.283 e. The second-order valence-corrected chi connectivity index (χ2v) is 9.90. The number of hydrogen-bond acceptors (Lipinski definition) is 6. The van der Waals surface area contributed by atoms with Crippen LogP contribution in [0.3, 0.4) is 0 Å². The molecule has 4 heterocycles. The molecule has 0 radical (unpaired) electrons. The van der Waals surface area contributed by atoms with E-state index in [-0.39, 0.29) is 11.1 Å². The van der Waals surface area contributed by atoms with Crippen molar-refractivity contribution in [3.63, 3.8) is 0 Å². The highest BCUT2D eigenvalue weighted by molar-refractivity contribution is 7.98. The minimum Gasteiger partial charge on any atom is -0.283 e. The molecule has 1 aromatic carbocycles. The Morgan fingerprint density at radius 2 is 1.88 bits per heavy atom. The van der Waals surface area contributed by atoms with Crippen LogP contribution in [0, 0.1) is 13.8 Å². The van der Waals surface area contributed by atoms with Crippen LogP contribution in [-0.4, -0.2) is 18.9 Å². The SMILES string of the molecule is C=CCn1c(SCc2cc(=O)n3cccc(C)c3n2)nc2sc(-c3ccccc3)c(C)c2c1=O. The number of thioether (sulfide) groups is 1. The van der Waals surface area contributed by atoms with Crippen molar-refractivity contribution >= 4 is 39.0 Å². The second-order valence-electron chi connectivity index (χ2n) is 7.96. The lowest BCUT2D eigenvalue weighted by Gasteiger charge is -2.11. The highest BCUT2D eigenvalue weighted by Gasteiger charge is 2.19. The molecule has 0 fully saturated rings. The molecule has 0 spiro atoms. The van der Waals surface area contributed by atoms with Crippen LogP contribution >= 0.6 is 23.1 Å². The summed E-state index contributed by atoms with van der Waals surface area (Å²) in [5, 5.41) is 1.23. The minimum atomic E-state index is -0.127. The van der Waals surface area contributed by atoms with E-state index in [0.29, 0.717) is 39.0 Å². The Morgan fingerprint density at radius 3 is 2.65 bits per heavy atom. The third-order valence-electron chi connectivity index (χ3n) is 5.65. The number of benzene rings is 1. The fraction of sp³-hybridized carbons (Fsp3) is 0.154. The number of rotatable bonds is 6. The van der Waals surface area contributed by atoms with Crippen LogP contribution in [0.15, 0.2) is 82.1 Å². The van der Waals surface area contributed by atoms with Gasteiger partial charge in [-0.25, -0.2) is 9.97 Å². The minimum absolute atomic E-state index is 0.0780. The summed E-state index contributed by atoms with van der Waals surface area (Å²) in [5.74, 6) is 0.422. The molecule has 0 bridgehead atoms. The van der Waals surface area contributed by atoms with E-state index in [4.69, 9.17) is 4.98 Å². The van der Waals surface area contributed by atoms with E-state index in [1.807, 2.05) is 56.3 Å². The zero-order chi connectivity index (χ0) is 23.8. The van der Waals surface area contributed by atoms with Crippen molar-refractivity contribution < 1.29 is 0 Å². The molecule has 0 saturated heterocycles. The van der Waals surface area contributed by atoms with E-state index in [1.165, 1.54) is 29.2 Å². The lowest BCUT2D eigenvalue weighted by atomic mass is 10.1. The van der Waals surface area contributed by atoms with E-state index >= 15 is 0 Å². The summed E-state index contributed by atoms with van der Waals surface area (Å²) >= 11 is 2.93. The molecule has 4 aromatic heterocycles. The van der Waals surface area contributed by atoms with Crippen molar-refractivity contribution in [1.29, 1.82) is 0 Å². The number of thiophene rings is 1. The fourth-order valence-electron chi connectivity index (χ4n) is 3.98. The summed E-state index contributed by atoms with van der Waals surface area (Å²) in [4.78, 5) is 37.4. The summed E-state index contributed by atoms with van der Waals surface area (Å²) in [6, 6.07) is 15.3. The van der Waals surface area contributed by atoms with Crippen LogP contribution in [0.5, 0.6) is 0 Å². The summed E-state index contributed by atoms with van der Waals surface area (Å²) in [5.41, 5.74) is 4.02. The van der Waals surface area contributed by atoms with Gasteiger partial charge in [0.25, 0.3) is 11.1 Å². The maximum absolute atomic E-state index is 13.5. The first kappa shape index (κ1) is 22.3. The lowest BCUT2D eigenvalue weighted by Crippen LogP contribution is -2.22. The predicted molar refractivity (Wildman–Crippen MR) is 140 cm³/mol. The zero-order valence-electron chi connectivity index (χ0n) is 18.8. The van der Waals surface area contributed by atoms with Crippen LogP contribution in [0.4, 0.5) is 0 Å². The second kappa shape index (κ2) is 9.04. The molecule has 170 valence electrons. The average Bonchev–Trinajstić information content (AvgIpc) is 3.17. The molecule has 0 aliphatic heterocycles. The molecule has 0 saturated carbocycles. The number of allylic oxidation sites excluding steroid dienone is 1. The first-order valence-electron chi connectivity index (χ1n) is 10.8. The van der Waals surface area contributed by atoms with Gasteiger partial charge in [0.1, 0.15) is 10.5 Å². The molecular weight excluding hydrogens is 464 g/mol. The van der Waals surface area contributed by atoms with Gasteiger partial charge in [-0.15, -0.1) is 17.9 Å². The van der Waals surface area contributed by atoms with E-state index in [1.54, 1.807) is 21.2 Å². The Labute approximate surface area is 204 Å². The molecule has 0 aliphatic rings. The quantitative estimate of drug-likeness (QED) is 0.187. The maximum Gasteiger partial charge on any atom is 0.263 e. The predicted octanol–water partition coefficient (Wildman–Crippen LogP) is 5.23. The van der Waals surface area contributed by atoms with E-state index < -0.39 is 0 Å². The number of hydrogen-bond donors (Lipinski definition) is 0. The van der Waals surface area contributed by atoms with Gasteiger partial charge in [-0.2, -0.15) is 0 Å². The van der Waals surface area contributed by atoms with Crippen molar-refractivity contribution in [3.8, 4) is 10.4 Å². The number of pyridine rings is 1. The van der Waals surface area contributed by atoms with Gasteiger partial charge in [-0.05, 0) is 36.6 Å². The molecule has 0 amide bonds. The lowest BCUT2D eigenvalue weighted by molar-refractivity contribution is 0.672. The third-order valence-corrected chi connectivity index (χ3v) is 7.90. The summed E-state index contributed by atoms with van der Waals surface area (Å²) in [7, 11) is 0. The van der Waals surface area contributed by atoms with Crippen LogP contribution < -0.4 is 11.1 Å². The third kappa shape index (κ3) is 3.89. The van der Waals surface area contributed by atoms with Gasteiger partial charge in [0.15, 0.2) is 5.16 Å². The normalized spacial score (nSPS) is 11.4. The molecule has 34 heavy (non-hydrogen) atoms. The molecule has 0 aliphatic carbocycles. The highest BCUT2D eigenvalue weighted by Crippen LogP contribution is 2.36. The van der Waals surface area contributed by atoms with Crippen LogP contribution in [0.1, 0.15) is 16.8 Å². The standard InChI is InChI=1S/C26H22N4O2S2/c1-4-12-30-25(32)21-17(3)22(18-10-6-5-7-11-18)34-24(21)28-26(30)33-15-19-14-20(31)29-13-8-9-16(2)23(29)27-19/h4-11,13-14H,1,12,15H2,2-3H3. The van der Waals surface area contributed by atoms with Gasteiger partial charge in [0, 0.05) is 29.4 Å². The molecule has 6 nitrogen and oxygen atoms in total. The van der Waals surface area contributed by atoms with Crippen LogP contribution in [-0.2, 0) is 12.3 Å². The topological polar surface area (TPSA) is 69.3 Å². The van der Waals surface area contributed by atoms with Crippen LogP contribution in [0.2, 0.25) is 0 Å². The molecule has 0 N–H and O–H groups in total. The molecule has 5 rings (SSSR count). The Morgan fingerprint density at radius 1 is 1.09 bits per heavy atom. The molecule has 5 aromatic rings. The number of fused-ring (bicyclic) bond motifs is 2. The van der Waals surface area contributed by atoms with Crippen LogP contribution in [0.25, 0.3) is 26.3 Å². The molecular formula is C26H22N4O2S2. The Hall–Kier alpha value is -3.49. The number of aryl methyl sites for hydroxylation is 2. The Bertz CT molecular complexity index is 1670.